The molecule has 0 radical (unpaired) electrons. The molecule has 0 aromatic carbocycles. The predicted octanol–water partition coefficient (Wildman–Crippen LogP) is 3.38. The van der Waals surface area contributed by atoms with Gasteiger partial charge in [-0.3, -0.25) is 4.99 Å². The van der Waals surface area contributed by atoms with E-state index in [1.807, 2.05) is 12.3 Å². The zero-order valence-electron chi connectivity index (χ0n) is 8.45. The molecule has 0 aromatic rings. The van der Waals surface area contributed by atoms with Crippen molar-refractivity contribution in [2.24, 2.45) is 10.9 Å². The van der Waals surface area contributed by atoms with Gasteiger partial charge in [-0.05, 0) is 24.8 Å². The Morgan fingerprint density at radius 1 is 1.54 bits per heavy atom. The Morgan fingerprint density at radius 2 is 2.38 bits per heavy atom. The second kappa shape index (κ2) is 5.74. The maximum atomic E-state index is 4.47. The quantitative estimate of drug-likeness (QED) is 0.571. The van der Waals surface area contributed by atoms with Crippen LogP contribution in [-0.4, -0.2) is 12.3 Å². The highest BCUT2D eigenvalue weighted by Crippen LogP contribution is 2.22. The van der Waals surface area contributed by atoms with E-state index < -0.39 is 0 Å². The summed E-state index contributed by atoms with van der Waals surface area (Å²) >= 11 is 0. The molecule has 0 N–H and O–H groups in total. The number of hydrogen-bond donors (Lipinski definition) is 0. The lowest BCUT2D eigenvalue weighted by Crippen LogP contribution is -2.18. The summed E-state index contributed by atoms with van der Waals surface area (Å²) in [5.41, 5.74) is 0. The molecule has 0 bridgehead atoms. The van der Waals surface area contributed by atoms with Crippen LogP contribution in [0.15, 0.2) is 29.8 Å². The van der Waals surface area contributed by atoms with Crippen LogP contribution in [0.25, 0.3) is 0 Å². The van der Waals surface area contributed by atoms with Gasteiger partial charge in [0, 0.05) is 6.21 Å². The maximum absolute atomic E-state index is 4.47. The minimum absolute atomic E-state index is 0.453. The Kier molecular flexibility index (Phi) is 4.52. The van der Waals surface area contributed by atoms with E-state index in [0.29, 0.717) is 12.0 Å². The topological polar surface area (TPSA) is 12.4 Å². The van der Waals surface area contributed by atoms with Gasteiger partial charge in [0.25, 0.3) is 0 Å². The van der Waals surface area contributed by atoms with Crippen molar-refractivity contribution in [3.63, 3.8) is 0 Å². The summed E-state index contributed by atoms with van der Waals surface area (Å²) in [6.07, 6.45) is 13.1. The Balaban J connectivity index is 2.44. The van der Waals surface area contributed by atoms with E-state index in [0.717, 1.165) is 6.42 Å². The molecule has 0 saturated heterocycles. The third-order valence-electron chi connectivity index (χ3n) is 2.52. The number of allylic oxidation sites excluding steroid dienone is 1. The van der Waals surface area contributed by atoms with Gasteiger partial charge in [0.2, 0.25) is 0 Å². The van der Waals surface area contributed by atoms with E-state index >= 15 is 0 Å². The molecule has 0 aliphatic carbocycles. The van der Waals surface area contributed by atoms with Crippen molar-refractivity contribution < 1.29 is 0 Å². The molecule has 1 aliphatic heterocycles. The SMILES string of the molecule is C=CCC1N=CC=CC1CCCC. The van der Waals surface area contributed by atoms with Crippen LogP contribution in [-0.2, 0) is 0 Å². The zero-order chi connectivity index (χ0) is 9.52. The molecule has 1 heteroatoms. The minimum Gasteiger partial charge on any atom is -0.289 e. The lowest BCUT2D eigenvalue weighted by Gasteiger charge is -2.21. The summed E-state index contributed by atoms with van der Waals surface area (Å²) in [5.74, 6) is 0.642. The van der Waals surface area contributed by atoms with Crippen molar-refractivity contribution in [3.05, 3.63) is 24.8 Å². The fourth-order valence-corrected chi connectivity index (χ4v) is 1.73. The summed E-state index contributed by atoms with van der Waals surface area (Å²) < 4.78 is 0. The molecule has 0 fully saturated rings. The molecule has 0 amide bonds. The number of nitrogens with zero attached hydrogens (tertiary/aromatic N) is 1. The fraction of sp³-hybridized carbons (Fsp3) is 0.583. The first-order chi connectivity index (χ1) is 6.38. The third kappa shape index (κ3) is 3.17. The van der Waals surface area contributed by atoms with Crippen LogP contribution in [0.4, 0.5) is 0 Å². The van der Waals surface area contributed by atoms with Gasteiger partial charge in [0.1, 0.15) is 0 Å². The predicted molar refractivity (Wildman–Crippen MR) is 59.2 cm³/mol. The molecule has 1 rings (SSSR count). The summed E-state index contributed by atoms with van der Waals surface area (Å²) in [6.45, 7) is 6.01. The Morgan fingerprint density at radius 3 is 3.08 bits per heavy atom. The fourth-order valence-electron chi connectivity index (χ4n) is 1.73. The summed E-state index contributed by atoms with van der Waals surface area (Å²) in [7, 11) is 0. The summed E-state index contributed by atoms with van der Waals surface area (Å²) in [5, 5.41) is 0. The van der Waals surface area contributed by atoms with Gasteiger partial charge in [-0.25, -0.2) is 0 Å². The zero-order valence-corrected chi connectivity index (χ0v) is 8.45. The number of hydrogen-bond acceptors (Lipinski definition) is 1. The summed E-state index contributed by atoms with van der Waals surface area (Å²) in [6, 6.07) is 0.453. The van der Waals surface area contributed by atoms with Crippen LogP contribution in [0, 0.1) is 5.92 Å². The van der Waals surface area contributed by atoms with E-state index in [4.69, 9.17) is 0 Å². The first-order valence-electron chi connectivity index (χ1n) is 5.19. The van der Waals surface area contributed by atoms with Crippen LogP contribution in [0.2, 0.25) is 0 Å². The van der Waals surface area contributed by atoms with Gasteiger partial charge in [0.15, 0.2) is 0 Å². The lowest BCUT2D eigenvalue weighted by molar-refractivity contribution is 0.456. The van der Waals surface area contributed by atoms with Gasteiger partial charge in [-0.2, -0.15) is 0 Å². The van der Waals surface area contributed by atoms with Crippen molar-refractivity contribution in [3.8, 4) is 0 Å². The monoisotopic (exact) mass is 177 g/mol. The normalized spacial score (nSPS) is 26.2. The van der Waals surface area contributed by atoms with E-state index in [9.17, 15) is 0 Å². The van der Waals surface area contributed by atoms with E-state index in [2.05, 4.69) is 30.6 Å². The second-order valence-corrected chi connectivity index (χ2v) is 3.58. The lowest BCUT2D eigenvalue weighted by atomic mass is 9.90. The maximum Gasteiger partial charge on any atom is 0.0596 e. The van der Waals surface area contributed by atoms with Crippen LogP contribution in [0.1, 0.15) is 32.6 Å². The van der Waals surface area contributed by atoms with Gasteiger partial charge >= 0.3 is 0 Å². The molecule has 72 valence electrons. The molecule has 0 saturated carbocycles. The van der Waals surface area contributed by atoms with Crippen molar-refractivity contribution in [2.75, 3.05) is 0 Å². The molecule has 0 aromatic heterocycles. The number of aliphatic imine (C=N–C) groups is 1. The summed E-state index contributed by atoms with van der Waals surface area (Å²) in [4.78, 5) is 4.47. The number of dihydropyridines is 1. The second-order valence-electron chi connectivity index (χ2n) is 3.58. The Bertz CT molecular complexity index is 203. The third-order valence-corrected chi connectivity index (χ3v) is 2.52. The highest BCUT2D eigenvalue weighted by atomic mass is 14.8. The van der Waals surface area contributed by atoms with Crippen LogP contribution < -0.4 is 0 Å². The molecule has 1 aliphatic rings. The van der Waals surface area contributed by atoms with Crippen LogP contribution >= 0.6 is 0 Å². The molecule has 0 spiro atoms. The van der Waals surface area contributed by atoms with E-state index in [1.54, 1.807) is 0 Å². The van der Waals surface area contributed by atoms with Gasteiger partial charge in [0.05, 0.1) is 6.04 Å². The standard InChI is InChI=1S/C12H19N/c1-3-5-8-11-9-6-10-13-12(11)7-4-2/h4,6,9-12H,2-3,5,7-8H2,1H3. The van der Waals surface area contributed by atoms with Crippen LogP contribution in [0.5, 0.6) is 0 Å². The van der Waals surface area contributed by atoms with Crippen LogP contribution in [0.3, 0.4) is 0 Å². The van der Waals surface area contributed by atoms with Crippen molar-refractivity contribution >= 4 is 6.21 Å². The molecule has 13 heavy (non-hydrogen) atoms. The van der Waals surface area contributed by atoms with Crippen molar-refractivity contribution in [2.45, 2.75) is 38.6 Å². The van der Waals surface area contributed by atoms with Gasteiger partial charge < -0.3 is 0 Å². The van der Waals surface area contributed by atoms with E-state index in [-0.39, 0.29) is 0 Å². The Hall–Kier alpha value is -0.850. The Labute approximate surface area is 81.3 Å². The number of unbranched alkanes of at least 4 members (excludes halogenated alkanes) is 1. The minimum atomic E-state index is 0.453. The largest absolute Gasteiger partial charge is 0.289 e. The first-order valence-corrected chi connectivity index (χ1v) is 5.19. The molecular weight excluding hydrogens is 158 g/mol. The van der Waals surface area contributed by atoms with E-state index in [1.165, 1.54) is 19.3 Å². The average molecular weight is 177 g/mol. The highest BCUT2D eigenvalue weighted by Gasteiger charge is 2.17. The molecule has 2 atom stereocenters. The molecule has 1 nitrogen and oxygen atoms in total. The van der Waals surface area contributed by atoms with Crippen molar-refractivity contribution in [1.82, 2.24) is 0 Å². The highest BCUT2D eigenvalue weighted by molar-refractivity contribution is 5.72. The average Bonchev–Trinajstić information content (AvgIpc) is 2.17. The van der Waals surface area contributed by atoms with Crippen molar-refractivity contribution in [1.29, 1.82) is 0 Å². The van der Waals surface area contributed by atoms with Gasteiger partial charge in [-0.1, -0.05) is 31.9 Å². The number of rotatable bonds is 5. The molecule has 2 unspecified atom stereocenters. The molecule has 1 heterocycles. The van der Waals surface area contributed by atoms with Gasteiger partial charge in [-0.15, -0.1) is 6.58 Å². The molecular formula is C12H19N. The smallest absolute Gasteiger partial charge is 0.0596 e. The first kappa shape index (κ1) is 10.2.